The van der Waals surface area contributed by atoms with Gasteiger partial charge in [0.15, 0.2) is 0 Å². The Morgan fingerprint density at radius 1 is 1.05 bits per heavy atom. The standard InChI is InChI=1S/C20H36O2/c1-4-6-7-8-9-10-12-17-18(20(22)15-19(17)21)14-13-16(3)11-5-2/h9-10,13-14,16-22H,4-8,11-12,15H2,1-3H3/b10-9-,14-13+/t16-,17+,18+,19-,20+/m0/s1. The summed E-state index contributed by atoms with van der Waals surface area (Å²) in [7, 11) is 0. The number of unbranched alkanes of at least 4 members (excludes halogenated alkanes) is 3. The van der Waals surface area contributed by atoms with E-state index in [0.717, 1.165) is 12.8 Å². The molecule has 1 fully saturated rings. The minimum absolute atomic E-state index is 0.106. The smallest absolute Gasteiger partial charge is 0.0631 e. The number of hydrogen-bond donors (Lipinski definition) is 2. The Labute approximate surface area is 137 Å². The third-order valence-electron chi connectivity index (χ3n) is 4.87. The number of aliphatic hydroxyl groups is 2. The molecule has 2 nitrogen and oxygen atoms in total. The fourth-order valence-electron chi connectivity index (χ4n) is 3.46. The van der Waals surface area contributed by atoms with E-state index in [4.69, 9.17) is 0 Å². The number of aliphatic hydroxyl groups excluding tert-OH is 2. The van der Waals surface area contributed by atoms with Crippen molar-refractivity contribution in [1.82, 2.24) is 0 Å². The van der Waals surface area contributed by atoms with Gasteiger partial charge in [0.2, 0.25) is 0 Å². The van der Waals surface area contributed by atoms with E-state index in [1.807, 2.05) is 0 Å². The van der Waals surface area contributed by atoms with Crippen LogP contribution in [-0.2, 0) is 0 Å². The molecule has 128 valence electrons. The van der Waals surface area contributed by atoms with E-state index in [1.165, 1.54) is 32.1 Å². The minimum atomic E-state index is -0.390. The van der Waals surface area contributed by atoms with Crippen LogP contribution in [0.2, 0.25) is 0 Å². The van der Waals surface area contributed by atoms with Crippen molar-refractivity contribution in [2.45, 2.75) is 84.3 Å². The maximum Gasteiger partial charge on any atom is 0.0631 e. The molecule has 0 saturated heterocycles. The van der Waals surface area contributed by atoms with Gasteiger partial charge in [-0.25, -0.2) is 0 Å². The van der Waals surface area contributed by atoms with Gasteiger partial charge in [0, 0.05) is 12.3 Å². The van der Waals surface area contributed by atoms with Crippen LogP contribution in [0.25, 0.3) is 0 Å². The first-order valence-corrected chi connectivity index (χ1v) is 9.29. The van der Waals surface area contributed by atoms with Gasteiger partial charge in [-0.05, 0) is 37.5 Å². The molecule has 0 aromatic heterocycles. The molecule has 2 N–H and O–H groups in total. The van der Waals surface area contributed by atoms with Crippen LogP contribution in [0.3, 0.4) is 0 Å². The Morgan fingerprint density at radius 2 is 1.82 bits per heavy atom. The van der Waals surface area contributed by atoms with E-state index in [9.17, 15) is 10.2 Å². The summed E-state index contributed by atoms with van der Waals surface area (Å²) in [4.78, 5) is 0. The van der Waals surface area contributed by atoms with E-state index in [1.54, 1.807) is 0 Å². The van der Waals surface area contributed by atoms with Crippen LogP contribution in [0.4, 0.5) is 0 Å². The topological polar surface area (TPSA) is 40.5 Å². The largest absolute Gasteiger partial charge is 0.393 e. The van der Waals surface area contributed by atoms with E-state index >= 15 is 0 Å². The van der Waals surface area contributed by atoms with Crippen molar-refractivity contribution in [3.63, 3.8) is 0 Å². The van der Waals surface area contributed by atoms with E-state index < -0.39 is 6.10 Å². The van der Waals surface area contributed by atoms with Gasteiger partial charge < -0.3 is 10.2 Å². The molecular formula is C20H36O2. The molecule has 22 heavy (non-hydrogen) atoms. The van der Waals surface area contributed by atoms with Crippen molar-refractivity contribution in [3.05, 3.63) is 24.3 Å². The summed E-state index contributed by atoms with van der Waals surface area (Å²) in [6, 6.07) is 0. The van der Waals surface area contributed by atoms with Crippen molar-refractivity contribution in [3.8, 4) is 0 Å². The SMILES string of the molecule is CCCCC/C=C\C[C@@H]1[C@@H](/C=C/[C@@H](C)CCC)[C@H](O)C[C@@H]1O. The first-order valence-electron chi connectivity index (χ1n) is 9.29. The minimum Gasteiger partial charge on any atom is -0.393 e. The second-order valence-corrected chi connectivity index (χ2v) is 6.97. The molecule has 1 aliphatic carbocycles. The lowest BCUT2D eigenvalue weighted by atomic mass is 9.89. The third-order valence-corrected chi connectivity index (χ3v) is 4.87. The summed E-state index contributed by atoms with van der Waals surface area (Å²) in [5.74, 6) is 0.831. The second kappa shape index (κ2) is 11.0. The fourth-order valence-corrected chi connectivity index (χ4v) is 3.46. The number of rotatable bonds is 10. The molecule has 0 radical (unpaired) electrons. The summed E-state index contributed by atoms with van der Waals surface area (Å²) in [5, 5.41) is 20.4. The second-order valence-electron chi connectivity index (χ2n) is 6.97. The van der Waals surface area contributed by atoms with Gasteiger partial charge in [-0.1, -0.05) is 64.3 Å². The summed E-state index contributed by atoms with van der Waals surface area (Å²) in [5.41, 5.74) is 0. The summed E-state index contributed by atoms with van der Waals surface area (Å²) >= 11 is 0. The molecule has 0 amide bonds. The summed E-state index contributed by atoms with van der Waals surface area (Å²) in [6.45, 7) is 6.64. The number of allylic oxidation sites excluding steroid dienone is 3. The van der Waals surface area contributed by atoms with Gasteiger partial charge in [0.05, 0.1) is 12.2 Å². The Kier molecular flexibility index (Phi) is 9.74. The Balaban J connectivity index is 2.50. The molecule has 0 unspecified atom stereocenters. The zero-order valence-corrected chi connectivity index (χ0v) is 14.7. The molecule has 0 aromatic carbocycles. The zero-order valence-electron chi connectivity index (χ0n) is 14.7. The van der Waals surface area contributed by atoms with Gasteiger partial charge >= 0.3 is 0 Å². The predicted octanol–water partition coefficient (Wildman–Crippen LogP) is 4.86. The van der Waals surface area contributed by atoms with Crippen LogP contribution in [-0.4, -0.2) is 22.4 Å². The highest BCUT2D eigenvalue weighted by Gasteiger charge is 2.39. The maximum atomic E-state index is 10.2. The average molecular weight is 309 g/mol. The van der Waals surface area contributed by atoms with Crippen molar-refractivity contribution in [2.24, 2.45) is 17.8 Å². The first kappa shape index (κ1) is 19.4. The summed E-state index contributed by atoms with van der Waals surface area (Å²) < 4.78 is 0. The quantitative estimate of drug-likeness (QED) is 0.447. The molecular weight excluding hydrogens is 272 g/mol. The molecule has 0 aliphatic heterocycles. The van der Waals surface area contributed by atoms with Gasteiger partial charge in [0.25, 0.3) is 0 Å². The molecule has 2 heteroatoms. The average Bonchev–Trinajstić information content (AvgIpc) is 2.75. The first-order chi connectivity index (χ1) is 10.6. The molecule has 0 spiro atoms. The molecule has 1 rings (SSSR count). The van der Waals surface area contributed by atoms with Crippen LogP contribution in [0.5, 0.6) is 0 Å². The van der Waals surface area contributed by atoms with Crippen molar-refractivity contribution in [2.75, 3.05) is 0 Å². The third kappa shape index (κ3) is 6.66. The number of hydrogen-bond acceptors (Lipinski definition) is 2. The van der Waals surface area contributed by atoms with Crippen molar-refractivity contribution in [1.29, 1.82) is 0 Å². The Morgan fingerprint density at radius 3 is 2.50 bits per heavy atom. The fraction of sp³-hybridized carbons (Fsp3) is 0.800. The molecule has 5 atom stereocenters. The predicted molar refractivity (Wildman–Crippen MR) is 94.7 cm³/mol. The molecule has 1 aliphatic rings. The lowest BCUT2D eigenvalue weighted by molar-refractivity contribution is 0.120. The molecule has 0 aromatic rings. The Hall–Kier alpha value is -0.600. The van der Waals surface area contributed by atoms with Gasteiger partial charge in [-0.15, -0.1) is 0 Å². The van der Waals surface area contributed by atoms with Crippen molar-refractivity contribution < 1.29 is 10.2 Å². The molecule has 0 heterocycles. The van der Waals surface area contributed by atoms with Crippen LogP contribution in [0, 0.1) is 17.8 Å². The highest BCUT2D eigenvalue weighted by molar-refractivity contribution is 5.05. The van der Waals surface area contributed by atoms with Crippen LogP contribution >= 0.6 is 0 Å². The summed E-state index contributed by atoms with van der Waals surface area (Å²) in [6.07, 6.45) is 16.8. The van der Waals surface area contributed by atoms with Gasteiger partial charge in [0.1, 0.15) is 0 Å². The van der Waals surface area contributed by atoms with Gasteiger partial charge in [-0.2, -0.15) is 0 Å². The van der Waals surface area contributed by atoms with Crippen LogP contribution < -0.4 is 0 Å². The maximum absolute atomic E-state index is 10.2. The monoisotopic (exact) mass is 308 g/mol. The van der Waals surface area contributed by atoms with E-state index in [-0.39, 0.29) is 17.9 Å². The van der Waals surface area contributed by atoms with Crippen LogP contribution in [0.15, 0.2) is 24.3 Å². The van der Waals surface area contributed by atoms with Crippen molar-refractivity contribution >= 4 is 0 Å². The molecule has 0 bridgehead atoms. The Bertz CT molecular complexity index is 335. The van der Waals surface area contributed by atoms with Crippen LogP contribution in [0.1, 0.15) is 72.1 Å². The van der Waals surface area contributed by atoms with Gasteiger partial charge in [-0.3, -0.25) is 0 Å². The molecule has 1 saturated carbocycles. The highest BCUT2D eigenvalue weighted by Crippen LogP contribution is 2.36. The van der Waals surface area contributed by atoms with E-state index in [2.05, 4.69) is 45.1 Å². The zero-order chi connectivity index (χ0) is 16.4. The van der Waals surface area contributed by atoms with E-state index in [0.29, 0.717) is 12.3 Å². The normalized spacial score (nSPS) is 30.6. The highest BCUT2D eigenvalue weighted by atomic mass is 16.3. The lowest BCUT2D eigenvalue weighted by Crippen LogP contribution is -2.20. The lowest BCUT2D eigenvalue weighted by Gasteiger charge is -2.19.